The fraction of sp³-hybridized carbons (Fsp3) is 0.160. The van der Waals surface area contributed by atoms with Crippen molar-refractivity contribution in [1.82, 2.24) is 4.98 Å². The summed E-state index contributed by atoms with van der Waals surface area (Å²) in [7, 11) is 0. The van der Waals surface area contributed by atoms with E-state index in [2.05, 4.69) is 36.4 Å². The van der Waals surface area contributed by atoms with Gasteiger partial charge in [-0.1, -0.05) is 91.0 Å². The zero-order valence-corrected chi connectivity index (χ0v) is 15.8. The quantitative estimate of drug-likeness (QED) is 0.349. The highest BCUT2D eigenvalue weighted by molar-refractivity contribution is 5.76. The Bertz CT molecular complexity index is 922. The van der Waals surface area contributed by atoms with E-state index in [4.69, 9.17) is 14.1 Å². The highest BCUT2D eigenvalue weighted by atomic mass is 16.5. The van der Waals surface area contributed by atoms with Gasteiger partial charge in [0.25, 0.3) is 0 Å². The van der Waals surface area contributed by atoms with Crippen LogP contribution >= 0.6 is 0 Å². The molecule has 3 heteroatoms. The Kier molecular flexibility index (Phi) is 5.95. The Morgan fingerprint density at radius 2 is 1.32 bits per heavy atom. The number of rotatable bonds is 8. The Morgan fingerprint density at radius 3 is 2.00 bits per heavy atom. The first-order valence-corrected chi connectivity index (χ1v) is 9.62. The molecule has 140 valence electrons. The van der Waals surface area contributed by atoms with Gasteiger partial charge in [-0.2, -0.15) is 0 Å². The molecule has 4 aromatic rings. The van der Waals surface area contributed by atoms with Gasteiger partial charge in [-0.25, -0.2) is 4.98 Å². The van der Waals surface area contributed by atoms with E-state index in [9.17, 15) is 0 Å². The van der Waals surface area contributed by atoms with Crippen LogP contribution in [0.1, 0.15) is 17.9 Å². The van der Waals surface area contributed by atoms with Crippen molar-refractivity contribution < 1.29 is 9.15 Å². The van der Waals surface area contributed by atoms with Crippen molar-refractivity contribution in [3.05, 3.63) is 102 Å². The molecule has 0 bridgehead atoms. The molecule has 0 saturated heterocycles. The summed E-state index contributed by atoms with van der Waals surface area (Å²) in [5.41, 5.74) is 4.19. The van der Waals surface area contributed by atoms with Crippen molar-refractivity contribution in [2.45, 2.75) is 19.4 Å². The number of oxazole rings is 1. The average molecular weight is 369 g/mol. The van der Waals surface area contributed by atoms with Crippen molar-refractivity contribution in [1.29, 1.82) is 0 Å². The van der Waals surface area contributed by atoms with Crippen LogP contribution in [-0.4, -0.2) is 11.6 Å². The van der Waals surface area contributed by atoms with E-state index >= 15 is 0 Å². The summed E-state index contributed by atoms with van der Waals surface area (Å²) < 4.78 is 11.9. The summed E-state index contributed by atoms with van der Waals surface area (Å²) in [6, 6.07) is 30.6. The van der Waals surface area contributed by atoms with Crippen LogP contribution in [0.2, 0.25) is 0 Å². The molecular formula is C25H23NO2. The van der Waals surface area contributed by atoms with Gasteiger partial charge >= 0.3 is 0 Å². The molecule has 0 radical (unpaired) electrons. The standard InChI is InChI=1S/C25H23NO2/c1-4-11-20(12-5-1)19-27-18-10-17-23-26-24(21-13-6-2-7-14-21)25(28-23)22-15-8-3-9-16-22/h1-9,11-16H,10,17-19H2. The smallest absolute Gasteiger partial charge is 0.195 e. The normalized spacial score (nSPS) is 10.9. The largest absolute Gasteiger partial charge is 0.440 e. The van der Waals surface area contributed by atoms with Gasteiger partial charge < -0.3 is 9.15 Å². The van der Waals surface area contributed by atoms with Gasteiger partial charge in [0, 0.05) is 24.2 Å². The summed E-state index contributed by atoms with van der Waals surface area (Å²) in [6.07, 6.45) is 1.62. The molecule has 0 atom stereocenters. The SMILES string of the molecule is c1ccc(COCCCc2nc(-c3ccccc3)c(-c3ccccc3)o2)cc1. The number of hydrogen-bond donors (Lipinski definition) is 0. The van der Waals surface area contributed by atoms with Gasteiger partial charge in [-0.05, 0) is 12.0 Å². The van der Waals surface area contributed by atoms with E-state index in [0.29, 0.717) is 13.2 Å². The van der Waals surface area contributed by atoms with E-state index in [1.807, 2.05) is 54.6 Å². The number of ether oxygens (including phenoxy) is 1. The highest BCUT2D eigenvalue weighted by Crippen LogP contribution is 2.32. The molecule has 0 unspecified atom stereocenters. The maximum Gasteiger partial charge on any atom is 0.195 e. The average Bonchev–Trinajstić information content (AvgIpc) is 3.20. The molecule has 1 aromatic heterocycles. The molecule has 1 heterocycles. The lowest BCUT2D eigenvalue weighted by atomic mass is 10.1. The minimum Gasteiger partial charge on any atom is -0.440 e. The van der Waals surface area contributed by atoms with Crippen LogP contribution in [0, 0.1) is 0 Å². The summed E-state index contributed by atoms with van der Waals surface area (Å²) >= 11 is 0. The minimum absolute atomic E-state index is 0.636. The lowest BCUT2D eigenvalue weighted by Gasteiger charge is -2.03. The van der Waals surface area contributed by atoms with Gasteiger partial charge in [-0.15, -0.1) is 0 Å². The van der Waals surface area contributed by atoms with Crippen molar-refractivity contribution in [3.63, 3.8) is 0 Å². The Labute approximate surface area is 165 Å². The lowest BCUT2D eigenvalue weighted by Crippen LogP contribution is -1.97. The summed E-state index contributed by atoms with van der Waals surface area (Å²) in [6.45, 7) is 1.32. The van der Waals surface area contributed by atoms with Crippen LogP contribution in [0.4, 0.5) is 0 Å². The number of aryl methyl sites for hydroxylation is 1. The van der Waals surface area contributed by atoms with Gasteiger partial charge in [0.1, 0.15) is 5.69 Å². The molecule has 0 amide bonds. The zero-order valence-electron chi connectivity index (χ0n) is 15.8. The molecule has 0 aliphatic heterocycles. The first kappa shape index (κ1) is 18.2. The highest BCUT2D eigenvalue weighted by Gasteiger charge is 2.16. The second kappa shape index (κ2) is 9.16. The maximum absolute atomic E-state index is 6.15. The summed E-state index contributed by atoms with van der Waals surface area (Å²) in [4.78, 5) is 4.79. The van der Waals surface area contributed by atoms with E-state index in [-0.39, 0.29) is 0 Å². The molecule has 28 heavy (non-hydrogen) atoms. The number of nitrogens with zero attached hydrogens (tertiary/aromatic N) is 1. The van der Waals surface area contributed by atoms with Crippen LogP contribution in [0.15, 0.2) is 95.4 Å². The van der Waals surface area contributed by atoms with Gasteiger partial charge in [0.2, 0.25) is 0 Å². The Balaban J connectivity index is 1.44. The third kappa shape index (κ3) is 4.56. The molecule has 3 nitrogen and oxygen atoms in total. The number of benzene rings is 3. The second-order valence-electron chi connectivity index (χ2n) is 6.66. The summed E-state index contributed by atoms with van der Waals surface area (Å²) in [5, 5.41) is 0. The van der Waals surface area contributed by atoms with Crippen LogP contribution < -0.4 is 0 Å². The Morgan fingerprint density at radius 1 is 0.714 bits per heavy atom. The zero-order chi connectivity index (χ0) is 19.0. The molecule has 0 aliphatic carbocycles. The minimum atomic E-state index is 0.636. The van der Waals surface area contributed by atoms with Crippen LogP contribution in [0.25, 0.3) is 22.6 Å². The number of hydrogen-bond acceptors (Lipinski definition) is 3. The second-order valence-corrected chi connectivity index (χ2v) is 6.66. The monoisotopic (exact) mass is 369 g/mol. The third-order valence-corrected chi connectivity index (χ3v) is 4.55. The van der Waals surface area contributed by atoms with Crippen LogP contribution in [-0.2, 0) is 17.8 Å². The molecule has 0 aliphatic rings. The molecule has 3 aromatic carbocycles. The van der Waals surface area contributed by atoms with Crippen LogP contribution in [0.5, 0.6) is 0 Å². The van der Waals surface area contributed by atoms with Crippen LogP contribution in [0.3, 0.4) is 0 Å². The maximum atomic E-state index is 6.15. The van der Waals surface area contributed by atoms with Crippen molar-refractivity contribution in [2.75, 3.05) is 6.61 Å². The first-order valence-electron chi connectivity index (χ1n) is 9.62. The summed E-state index contributed by atoms with van der Waals surface area (Å²) in [5.74, 6) is 1.58. The van der Waals surface area contributed by atoms with Crippen molar-refractivity contribution in [3.8, 4) is 22.6 Å². The molecule has 0 saturated carbocycles. The van der Waals surface area contributed by atoms with Crippen molar-refractivity contribution in [2.24, 2.45) is 0 Å². The van der Waals surface area contributed by atoms with Crippen molar-refractivity contribution >= 4 is 0 Å². The lowest BCUT2D eigenvalue weighted by molar-refractivity contribution is 0.117. The van der Waals surface area contributed by atoms with E-state index in [1.54, 1.807) is 0 Å². The van der Waals surface area contributed by atoms with Gasteiger partial charge in [0.05, 0.1) is 6.61 Å². The topological polar surface area (TPSA) is 35.3 Å². The predicted molar refractivity (Wildman–Crippen MR) is 112 cm³/mol. The predicted octanol–water partition coefficient (Wildman–Crippen LogP) is 6.16. The Hall–Kier alpha value is -3.17. The van der Waals surface area contributed by atoms with E-state index in [1.165, 1.54) is 5.56 Å². The molecule has 0 fully saturated rings. The van der Waals surface area contributed by atoms with E-state index < -0.39 is 0 Å². The first-order chi connectivity index (χ1) is 13.9. The molecule has 0 N–H and O–H groups in total. The van der Waals surface area contributed by atoms with E-state index in [0.717, 1.165) is 41.3 Å². The fourth-order valence-corrected chi connectivity index (χ4v) is 3.14. The molecule has 0 spiro atoms. The molecule has 4 rings (SSSR count). The third-order valence-electron chi connectivity index (χ3n) is 4.55. The molecular weight excluding hydrogens is 346 g/mol. The number of aromatic nitrogens is 1. The fourth-order valence-electron chi connectivity index (χ4n) is 3.14. The van der Waals surface area contributed by atoms with Gasteiger partial charge in [0.15, 0.2) is 11.7 Å². The van der Waals surface area contributed by atoms with Gasteiger partial charge in [-0.3, -0.25) is 0 Å².